The van der Waals surface area contributed by atoms with E-state index in [1.54, 1.807) is 19.1 Å². The van der Waals surface area contributed by atoms with Crippen LogP contribution in [0.2, 0.25) is 0 Å². The Morgan fingerprint density at radius 3 is 2.21 bits per heavy atom. The molecule has 0 amide bonds. The van der Waals surface area contributed by atoms with E-state index in [1.807, 2.05) is 0 Å². The predicted molar refractivity (Wildman–Crippen MR) is 70.5 cm³/mol. The van der Waals surface area contributed by atoms with Crippen molar-refractivity contribution in [1.82, 2.24) is 4.31 Å². The Morgan fingerprint density at radius 2 is 1.84 bits per heavy atom. The van der Waals surface area contributed by atoms with Crippen LogP contribution in [0.1, 0.15) is 25.3 Å². The summed E-state index contributed by atoms with van der Waals surface area (Å²) in [6, 6.07) is 6.19. The van der Waals surface area contributed by atoms with Gasteiger partial charge >= 0.3 is 5.97 Å². The number of hydrogen-bond donors (Lipinski definition) is 1. The molecule has 0 radical (unpaired) electrons. The predicted octanol–water partition coefficient (Wildman–Crippen LogP) is 1.44. The maximum Gasteiger partial charge on any atom is 0.314 e. The zero-order valence-corrected chi connectivity index (χ0v) is 11.8. The zero-order chi connectivity index (χ0) is 14.3. The standard InChI is InChI=1S/C13H17NO4S/c1-3-14(2)19(17,18)11-6-4-10(5-7-11)13(8-9-13)12(15)16/h4-7H,3,8-9H2,1-2H3,(H,15,16). The van der Waals surface area contributed by atoms with Gasteiger partial charge in [-0.1, -0.05) is 19.1 Å². The van der Waals surface area contributed by atoms with Crippen LogP contribution in [0.5, 0.6) is 0 Å². The molecular weight excluding hydrogens is 266 g/mol. The fraction of sp³-hybridized carbons (Fsp3) is 0.462. The first kappa shape index (κ1) is 14.0. The minimum Gasteiger partial charge on any atom is -0.481 e. The van der Waals surface area contributed by atoms with Gasteiger partial charge in [0, 0.05) is 13.6 Å². The van der Waals surface area contributed by atoms with Crippen LogP contribution in [0.4, 0.5) is 0 Å². The molecule has 0 heterocycles. The second-order valence-electron chi connectivity index (χ2n) is 4.83. The van der Waals surface area contributed by atoms with Gasteiger partial charge in [0.1, 0.15) is 0 Å². The highest BCUT2D eigenvalue weighted by atomic mass is 32.2. The van der Waals surface area contributed by atoms with Crippen LogP contribution >= 0.6 is 0 Å². The first-order valence-electron chi connectivity index (χ1n) is 6.15. The normalized spacial score (nSPS) is 17.4. The van der Waals surface area contributed by atoms with Crippen LogP contribution in [-0.4, -0.2) is 37.4 Å². The van der Waals surface area contributed by atoms with Gasteiger partial charge in [0.2, 0.25) is 10.0 Å². The quantitative estimate of drug-likeness (QED) is 0.887. The smallest absolute Gasteiger partial charge is 0.314 e. The maximum absolute atomic E-state index is 12.1. The topological polar surface area (TPSA) is 74.7 Å². The number of nitrogens with zero attached hydrogens (tertiary/aromatic N) is 1. The van der Waals surface area contributed by atoms with E-state index in [-0.39, 0.29) is 4.90 Å². The molecule has 1 aliphatic carbocycles. The number of sulfonamides is 1. The molecular formula is C13H17NO4S. The molecule has 1 fully saturated rings. The van der Waals surface area contributed by atoms with E-state index >= 15 is 0 Å². The van der Waals surface area contributed by atoms with E-state index < -0.39 is 21.4 Å². The fourth-order valence-corrected chi connectivity index (χ4v) is 3.23. The van der Waals surface area contributed by atoms with Gasteiger partial charge in [0.05, 0.1) is 10.3 Å². The van der Waals surface area contributed by atoms with Crippen molar-refractivity contribution in [2.75, 3.05) is 13.6 Å². The Morgan fingerprint density at radius 1 is 1.32 bits per heavy atom. The van der Waals surface area contributed by atoms with Crippen molar-refractivity contribution < 1.29 is 18.3 Å². The molecule has 0 atom stereocenters. The van der Waals surface area contributed by atoms with Crippen LogP contribution in [0, 0.1) is 0 Å². The van der Waals surface area contributed by atoms with Gasteiger partial charge in [-0.15, -0.1) is 0 Å². The summed E-state index contributed by atoms with van der Waals surface area (Å²) >= 11 is 0. The summed E-state index contributed by atoms with van der Waals surface area (Å²) in [6.07, 6.45) is 1.23. The van der Waals surface area contributed by atoms with Crippen molar-refractivity contribution in [2.45, 2.75) is 30.1 Å². The van der Waals surface area contributed by atoms with Gasteiger partial charge < -0.3 is 5.11 Å². The molecule has 1 aromatic rings. The monoisotopic (exact) mass is 283 g/mol. The highest BCUT2D eigenvalue weighted by Gasteiger charge is 2.51. The Balaban J connectivity index is 2.32. The third-order valence-corrected chi connectivity index (χ3v) is 5.67. The second-order valence-corrected chi connectivity index (χ2v) is 6.88. The lowest BCUT2D eigenvalue weighted by atomic mass is 9.96. The first-order chi connectivity index (χ1) is 8.84. The molecule has 0 bridgehead atoms. The van der Waals surface area contributed by atoms with E-state index in [2.05, 4.69) is 0 Å². The summed E-state index contributed by atoms with van der Waals surface area (Å²) in [5, 5.41) is 9.19. The SMILES string of the molecule is CCN(C)S(=O)(=O)c1ccc(C2(C(=O)O)CC2)cc1. The van der Waals surface area contributed by atoms with Gasteiger partial charge in [-0.3, -0.25) is 4.79 Å². The molecule has 0 unspecified atom stereocenters. The molecule has 1 saturated carbocycles. The van der Waals surface area contributed by atoms with E-state index in [0.717, 1.165) is 0 Å². The van der Waals surface area contributed by atoms with E-state index in [9.17, 15) is 18.3 Å². The van der Waals surface area contributed by atoms with Crippen molar-refractivity contribution in [2.24, 2.45) is 0 Å². The summed E-state index contributed by atoms with van der Waals surface area (Å²) in [7, 11) is -1.95. The second kappa shape index (κ2) is 4.61. The van der Waals surface area contributed by atoms with Crippen LogP contribution in [0.15, 0.2) is 29.2 Å². The minimum absolute atomic E-state index is 0.196. The van der Waals surface area contributed by atoms with Crippen molar-refractivity contribution in [3.63, 3.8) is 0 Å². The number of aliphatic carboxylic acids is 1. The average Bonchev–Trinajstić information content (AvgIpc) is 3.19. The maximum atomic E-state index is 12.1. The number of hydrogen-bond acceptors (Lipinski definition) is 3. The molecule has 5 nitrogen and oxygen atoms in total. The van der Waals surface area contributed by atoms with E-state index in [4.69, 9.17) is 0 Å². The lowest BCUT2D eigenvalue weighted by Gasteiger charge is -2.16. The Bertz CT molecular complexity index is 588. The Labute approximate surface area is 112 Å². The number of rotatable bonds is 5. The zero-order valence-electron chi connectivity index (χ0n) is 11.0. The number of benzene rings is 1. The molecule has 0 saturated heterocycles. The van der Waals surface area contributed by atoms with Crippen molar-refractivity contribution in [3.05, 3.63) is 29.8 Å². The molecule has 0 aromatic heterocycles. The summed E-state index contributed by atoms with van der Waals surface area (Å²) in [5.74, 6) is -0.839. The van der Waals surface area contributed by atoms with Gasteiger partial charge in [-0.2, -0.15) is 0 Å². The number of carboxylic acid groups (broad SMARTS) is 1. The lowest BCUT2D eigenvalue weighted by Crippen LogP contribution is -2.26. The highest BCUT2D eigenvalue weighted by Crippen LogP contribution is 2.48. The summed E-state index contributed by atoms with van der Waals surface area (Å²) < 4.78 is 25.4. The van der Waals surface area contributed by atoms with Crippen LogP contribution < -0.4 is 0 Å². The molecule has 0 aliphatic heterocycles. The lowest BCUT2D eigenvalue weighted by molar-refractivity contribution is -0.140. The van der Waals surface area contributed by atoms with Crippen LogP contribution in [0.25, 0.3) is 0 Å². The number of carbonyl (C=O) groups is 1. The number of carboxylic acids is 1. The molecule has 104 valence electrons. The third-order valence-electron chi connectivity index (χ3n) is 3.72. The van der Waals surface area contributed by atoms with Gasteiger partial charge in [0.25, 0.3) is 0 Å². The third kappa shape index (κ3) is 2.26. The van der Waals surface area contributed by atoms with E-state index in [1.165, 1.54) is 23.5 Å². The van der Waals surface area contributed by atoms with Gasteiger partial charge in [-0.05, 0) is 30.5 Å². The molecule has 1 aromatic carbocycles. The van der Waals surface area contributed by atoms with Gasteiger partial charge in [0.15, 0.2) is 0 Å². The molecule has 19 heavy (non-hydrogen) atoms. The summed E-state index contributed by atoms with van der Waals surface area (Å²) in [4.78, 5) is 11.4. The highest BCUT2D eigenvalue weighted by molar-refractivity contribution is 7.89. The van der Waals surface area contributed by atoms with Crippen molar-refractivity contribution in [3.8, 4) is 0 Å². The van der Waals surface area contributed by atoms with Crippen LogP contribution in [0.3, 0.4) is 0 Å². The molecule has 0 spiro atoms. The largest absolute Gasteiger partial charge is 0.481 e. The molecule has 6 heteroatoms. The first-order valence-corrected chi connectivity index (χ1v) is 7.59. The average molecular weight is 283 g/mol. The summed E-state index contributed by atoms with van der Waals surface area (Å²) in [5.41, 5.74) is -0.114. The molecule has 1 aliphatic rings. The summed E-state index contributed by atoms with van der Waals surface area (Å²) in [6.45, 7) is 2.15. The van der Waals surface area contributed by atoms with Crippen molar-refractivity contribution in [1.29, 1.82) is 0 Å². The Kier molecular flexibility index (Phi) is 3.40. The molecule has 1 N–H and O–H groups in total. The van der Waals surface area contributed by atoms with Gasteiger partial charge in [-0.25, -0.2) is 12.7 Å². The molecule has 2 rings (SSSR count). The Hall–Kier alpha value is -1.40. The van der Waals surface area contributed by atoms with E-state index in [0.29, 0.717) is 24.9 Å². The fourth-order valence-electron chi connectivity index (χ4n) is 2.05. The van der Waals surface area contributed by atoms with Crippen molar-refractivity contribution >= 4 is 16.0 Å². The van der Waals surface area contributed by atoms with Crippen LogP contribution in [-0.2, 0) is 20.2 Å². The minimum atomic E-state index is -3.47.